The number of hydrogen-bond acceptors (Lipinski definition) is 4. The first kappa shape index (κ1) is 21.2. The van der Waals surface area contributed by atoms with Crippen molar-refractivity contribution in [3.05, 3.63) is 52.6 Å². The van der Waals surface area contributed by atoms with Gasteiger partial charge in [0, 0.05) is 12.0 Å². The fourth-order valence-corrected chi connectivity index (χ4v) is 5.09. The lowest BCUT2D eigenvalue weighted by atomic mass is 10.0. The lowest BCUT2D eigenvalue weighted by molar-refractivity contribution is 0.133. The number of para-hydroxylation sites is 1. The minimum atomic E-state index is -3.61. The molecule has 0 spiro atoms. The molecule has 0 aliphatic carbocycles. The number of hydrogen-bond donors (Lipinski definition) is 1. The van der Waals surface area contributed by atoms with Gasteiger partial charge >= 0.3 is 0 Å². The quantitative estimate of drug-likeness (QED) is 0.760. The van der Waals surface area contributed by atoms with E-state index in [0.717, 1.165) is 34.4 Å². The van der Waals surface area contributed by atoms with Crippen LogP contribution in [0.3, 0.4) is 0 Å². The third-order valence-corrected chi connectivity index (χ3v) is 6.41. The molecule has 1 aliphatic rings. The van der Waals surface area contributed by atoms with Crippen LogP contribution >= 0.6 is 0 Å². The second kappa shape index (κ2) is 8.10. The first-order valence-corrected chi connectivity index (χ1v) is 11.0. The number of rotatable bonds is 5. The Kier molecular flexibility index (Phi) is 5.92. The first-order chi connectivity index (χ1) is 13.6. The Morgan fingerprint density at radius 2 is 1.83 bits per heavy atom. The molecule has 0 unspecified atom stereocenters. The van der Waals surface area contributed by atoms with E-state index in [1.807, 2.05) is 51.1 Å². The van der Waals surface area contributed by atoms with Crippen LogP contribution in [0.15, 0.2) is 35.2 Å². The second-order valence-corrected chi connectivity index (χ2v) is 9.68. The summed E-state index contributed by atoms with van der Waals surface area (Å²) in [5.74, 6) is 7.09. The lowest BCUT2D eigenvalue weighted by Gasteiger charge is -2.17. The highest BCUT2D eigenvalue weighted by Crippen LogP contribution is 2.41. The van der Waals surface area contributed by atoms with E-state index in [-0.39, 0.29) is 18.8 Å². The zero-order chi connectivity index (χ0) is 21.2. The zero-order valence-corrected chi connectivity index (χ0v) is 18.4. The number of benzene rings is 2. The molecule has 154 valence electrons. The molecule has 0 aromatic heterocycles. The average Bonchev–Trinajstić information content (AvgIpc) is 2.91. The highest BCUT2D eigenvalue weighted by molar-refractivity contribution is 7.89. The smallest absolute Gasteiger partial charge is 0.241 e. The maximum Gasteiger partial charge on any atom is 0.241 e. The van der Waals surface area contributed by atoms with Crippen molar-refractivity contribution in [3.8, 4) is 23.3 Å². The summed E-state index contributed by atoms with van der Waals surface area (Å²) in [5, 5.41) is 0. The molecule has 1 aliphatic heterocycles. The highest BCUT2D eigenvalue weighted by atomic mass is 32.2. The van der Waals surface area contributed by atoms with Gasteiger partial charge in [-0.25, -0.2) is 8.42 Å². The molecule has 0 saturated heterocycles. The SMILES string of the molecule is Cc1cc(C)c(S(=O)(=O)NCC#CCOc2cccc3c2OC(C)(C)C3)c(C)c1. The van der Waals surface area contributed by atoms with Gasteiger partial charge in [-0.2, -0.15) is 4.72 Å². The van der Waals surface area contributed by atoms with Crippen LogP contribution in [-0.4, -0.2) is 27.2 Å². The first-order valence-electron chi connectivity index (χ1n) is 9.56. The van der Waals surface area contributed by atoms with E-state index in [9.17, 15) is 8.42 Å². The van der Waals surface area contributed by atoms with E-state index >= 15 is 0 Å². The molecule has 0 atom stereocenters. The van der Waals surface area contributed by atoms with E-state index in [1.54, 1.807) is 13.8 Å². The molecule has 2 aromatic carbocycles. The molecule has 3 rings (SSSR count). The van der Waals surface area contributed by atoms with Crippen LogP contribution in [-0.2, 0) is 16.4 Å². The molecule has 0 radical (unpaired) electrons. The topological polar surface area (TPSA) is 64.6 Å². The van der Waals surface area contributed by atoms with E-state index in [1.165, 1.54) is 0 Å². The Bertz CT molecular complexity index is 1070. The fraction of sp³-hybridized carbons (Fsp3) is 0.391. The van der Waals surface area contributed by atoms with Crippen LogP contribution in [0.25, 0.3) is 0 Å². The summed E-state index contributed by atoms with van der Waals surface area (Å²) in [6.45, 7) is 9.81. The number of aryl methyl sites for hydroxylation is 3. The summed E-state index contributed by atoms with van der Waals surface area (Å²) >= 11 is 0. The Morgan fingerprint density at radius 3 is 2.52 bits per heavy atom. The van der Waals surface area contributed by atoms with Gasteiger partial charge in [0.05, 0.1) is 11.4 Å². The Morgan fingerprint density at radius 1 is 1.14 bits per heavy atom. The van der Waals surface area contributed by atoms with Crippen LogP contribution in [0.5, 0.6) is 11.5 Å². The molecule has 6 heteroatoms. The lowest BCUT2D eigenvalue weighted by Crippen LogP contribution is -2.25. The Labute approximate surface area is 173 Å². The molecular weight excluding hydrogens is 386 g/mol. The minimum Gasteiger partial charge on any atom is -0.483 e. The van der Waals surface area contributed by atoms with Gasteiger partial charge in [0.2, 0.25) is 10.0 Å². The van der Waals surface area contributed by atoms with Gasteiger partial charge in [-0.05, 0) is 51.8 Å². The molecule has 0 amide bonds. The van der Waals surface area contributed by atoms with Crippen LogP contribution < -0.4 is 14.2 Å². The van der Waals surface area contributed by atoms with E-state index in [0.29, 0.717) is 10.6 Å². The standard InChI is InChI=1S/C23H27NO4S/c1-16-13-17(2)22(18(3)14-16)29(25,26)24-11-6-7-12-27-20-10-8-9-19-15-23(4,5)28-21(19)20/h8-10,13-14,24H,11-12,15H2,1-5H3. The Hall–Kier alpha value is -2.49. The third kappa shape index (κ3) is 4.92. The molecule has 0 saturated carbocycles. The molecule has 0 fully saturated rings. The number of fused-ring (bicyclic) bond motifs is 1. The van der Waals surface area contributed by atoms with Crippen molar-refractivity contribution < 1.29 is 17.9 Å². The van der Waals surface area contributed by atoms with Gasteiger partial charge in [0.25, 0.3) is 0 Å². The van der Waals surface area contributed by atoms with E-state index in [2.05, 4.69) is 16.6 Å². The van der Waals surface area contributed by atoms with Gasteiger partial charge < -0.3 is 9.47 Å². The minimum absolute atomic E-state index is 0.0227. The fourth-order valence-electron chi connectivity index (χ4n) is 3.72. The number of ether oxygens (including phenoxy) is 2. The van der Waals surface area contributed by atoms with E-state index < -0.39 is 10.0 Å². The molecular formula is C23H27NO4S. The van der Waals surface area contributed by atoms with Crippen molar-refractivity contribution in [3.63, 3.8) is 0 Å². The Balaban J connectivity index is 1.58. The summed E-state index contributed by atoms with van der Waals surface area (Å²) in [4.78, 5) is 0.320. The van der Waals surface area contributed by atoms with Crippen molar-refractivity contribution in [2.75, 3.05) is 13.2 Å². The van der Waals surface area contributed by atoms with Crippen LogP contribution in [0.2, 0.25) is 0 Å². The normalized spacial score (nSPS) is 14.5. The summed E-state index contributed by atoms with van der Waals surface area (Å²) in [6.07, 6.45) is 0.838. The van der Waals surface area contributed by atoms with Crippen LogP contribution in [0.1, 0.15) is 36.1 Å². The van der Waals surface area contributed by atoms with Gasteiger partial charge in [0.15, 0.2) is 11.5 Å². The van der Waals surface area contributed by atoms with Crippen molar-refractivity contribution in [2.24, 2.45) is 0 Å². The molecule has 29 heavy (non-hydrogen) atoms. The number of nitrogens with one attached hydrogen (secondary N) is 1. The van der Waals surface area contributed by atoms with Gasteiger partial charge in [-0.1, -0.05) is 41.7 Å². The summed E-state index contributed by atoms with van der Waals surface area (Å²) < 4.78 is 39.4. The molecule has 0 bridgehead atoms. The summed E-state index contributed by atoms with van der Waals surface area (Å²) in [7, 11) is -3.61. The monoisotopic (exact) mass is 413 g/mol. The van der Waals surface area contributed by atoms with Gasteiger partial charge in [-0.15, -0.1) is 0 Å². The molecule has 5 nitrogen and oxygen atoms in total. The summed E-state index contributed by atoms with van der Waals surface area (Å²) in [5.41, 5.74) is 3.38. The molecule has 1 heterocycles. The average molecular weight is 414 g/mol. The van der Waals surface area contributed by atoms with Crippen LogP contribution in [0.4, 0.5) is 0 Å². The zero-order valence-electron chi connectivity index (χ0n) is 17.5. The number of sulfonamides is 1. The maximum absolute atomic E-state index is 12.6. The summed E-state index contributed by atoms with van der Waals surface area (Å²) in [6, 6.07) is 9.55. The van der Waals surface area contributed by atoms with Crippen molar-refractivity contribution in [2.45, 2.75) is 51.5 Å². The van der Waals surface area contributed by atoms with Crippen molar-refractivity contribution in [1.82, 2.24) is 4.72 Å². The van der Waals surface area contributed by atoms with E-state index in [4.69, 9.17) is 9.47 Å². The van der Waals surface area contributed by atoms with Crippen LogP contribution in [0, 0.1) is 32.6 Å². The third-order valence-electron chi connectivity index (χ3n) is 4.70. The largest absolute Gasteiger partial charge is 0.483 e. The maximum atomic E-state index is 12.6. The predicted molar refractivity (Wildman–Crippen MR) is 114 cm³/mol. The van der Waals surface area contributed by atoms with Gasteiger partial charge in [-0.3, -0.25) is 0 Å². The molecule has 2 aromatic rings. The van der Waals surface area contributed by atoms with Gasteiger partial charge in [0.1, 0.15) is 12.2 Å². The second-order valence-electron chi connectivity index (χ2n) is 7.98. The van der Waals surface area contributed by atoms with Crippen molar-refractivity contribution in [1.29, 1.82) is 0 Å². The highest BCUT2D eigenvalue weighted by Gasteiger charge is 2.32. The van der Waals surface area contributed by atoms with Crippen molar-refractivity contribution >= 4 is 10.0 Å². The molecule has 1 N–H and O–H groups in total. The predicted octanol–water partition coefficient (Wildman–Crippen LogP) is 3.69.